The first kappa shape index (κ1) is 19.5. The predicted octanol–water partition coefficient (Wildman–Crippen LogP) is 2.99. The van der Waals surface area contributed by atoms with Gasteiger partial charge >= 0.3 is 0 Å². The first-order valence-corrected chi connectivity index (χ1v) is 8.82. The Kier molecular flexibility index (Phi) is 6.33. The number of halogens is 1. The van der Waals surface area contributed by atoms with Crippen LogP contribution >= 0.6 is 11.6 Å². The Morgan fingerprint density at radius 1 is 1.11 bits per heavy atom. The van der Waals surface area contributed by atoms with Gasteiger partial charge in [-0.15, -0.1) is 5.10 Å². The van der Waals surface area contributed by atoms with Gasteiger partial charge in [0.25, 0.3) is 0 Å². The fraction of sp³-hybridized carbons (Fsp3) is 0.211. The highest BCUT2D eigenvalue weighted by molar-refractivity contribution is 6.31. The Morgan fingerprint density at radius 3 is 2.54 bits per heavy atom. The van der Waals surface area contributed by atoms with Gasteiger partial charge in [0, 0.05) is 23.2 Å². The van der Waals surface area contributed by atoms with E-state index >= 15 is 0 Å². The largest absolute Gasteiger partial charge is 0.399 e. The molecule has 9 heteroatoms. The van der Waals surface area contributed by atoms with Gasteiger partial charge in [0.2, 0.25) is 5.82 Å². The van der Waals surface area contributed by atoms with Crippen LogP contribution in [0.1, 0.15) is 22.5 Å². The number of oxime groups is 2. The molecule has 1 heterocycles. The maximum absolute atomic E-state index is 6.10. The Morgan fingerprint density at radius 2 is 1.89 bits per heavy atom. The van der Waals surface area contributed by atoms with Gasteiger partial charge in [-0.25, -0.2) is 4.68 Å². The molecule has 0 bridgehead atoms. The van der Waals surface area contributed by atoms with Gasteiger partial charge < -0.3 is 9.68 Å². The number of nitrogens with zero attached hydrogens (tertiary/aromatic N) is 6. The predicted molar refractivity (Wildman–Crippen MR) is 107 cm³/mol. The molecule has 3 aromatic rings. The highest BCUT2D eigenvalue weighted by Crippen LogP contribution is 2.17. The highest BCUT2D eigenvalue weighted by atomic mass is 35.5. The van der Waals surface area contributed by atoms with Crippen molar-refractivity contribution in [1.82, 2.24) is 20.2 Å². The molecule has 0 radical (unpaired) electrons. The van der Waals surface area contributed by atoms with Gasteiger partial charge in [0.05, 0.1) is 0 Å². The van der Waals surface area contributed by atoms with Crippen molar-refractivity contribution in [3.05, 3.63) is 76.1 Å². The lowest BCUT2D eigenvalue weighted by Gasteiger charge is -2.09. The van der Waals surface area contributed by atoms with Crippen LogP contribution in [0.3, 0.4) is 0 Å². The number of hydrogen-bond donors (Lipinski definition) is 0. The summed E-state index contributed by atoms with van der Waals surface area (Å²) in [6.07, 6.45) is 0. The molecule has 0 spiro atoms. The lowest BCUT2D eigenvalue weighted by Crippen LogP contribution is -2.14. The number of benzene rings is 2. The average molecular weight is 399 g/mol. The number of hydrogen-bond acceptors (Lipinski definition) is 7. The van der Waals surface area contributed by atoms with Crippen LogP contribution < -0.4 is 0 Å². The standard InChI is InChI=1S/C19H19ClN6O2/c1-13-11-15(9-10-16(13)20)17(22-27-3)12-28-23-18(14-7-5-4-6-8-14)19-21-24-25-26(19)2/h4-11H,12H2,1-3H3/b22-17-,23-18?. The molecular formula is C19H19ClN6O2. The quantitative estimate of drug-likeness (QED) is 0.451. The first-order valence-electron chi connectivity index (χ1n) is 8.44. The Labute approximate surface area is 167 Å². The normalized spacial score (nSPS) is 12.1. The molecule has 0 aliphatic carbocycles. The summed E-state index contributed by atoms with van der Waals surface area (Å²) in [7, 11) is 3.22. The maximum atomic E-state index is 6.10. The summed E-state index contributed by atoms with van der Waals surface area (Å²) in [5, 5.41) is 20.6. The molecule has 0 amide bonds. The third-order valence-electron chi connectivity index (χ3n) is 3.93. The van der Waals surface area contributed by atoms with Crippen LogP contribution in [0.15, 0.2) is 58.8 Å². The molecule has 1 aromatic heterocycles. The van der Waals surface area contributed by atoms with Crippen molar-refractivity contribution in [1.29, 1.82) is 0 Å². The summed E-state index contributed by atoms with van der Waals surface area (Å²) in [5.74, 6) is 0.485. The van der Waals surface area contributed by atoms with Crippen LogP contribution in [-0.2, 0) is 16.7 Å². The van der Waals surface area contributed by atoms with E-state index in [1.165, 1.54) is 11.8 Å². The summed E-state index contributed by atoms with van der Waals surface area (Å²) in [6.45, 7) is 2.01. The van der Waals surface area contributed by atoms with Crippen molar-refractivity contribution in [2.24, 2.45) is 17.4 Å². The maximum Gasteiger partial charge on any atom is 0.204 e. The zero-order valence-corrected chi connectivity index (χ0v) is 16.5. The van der Waals surface area contributed by atoms with Crippen molar-refractivity contribution in [2.45, 2.75) is 6.92 Å². The van der Waals surface area contributed by atoms with E-state index in [9.17, 15) is 0 Å². The van der Waals surface area contributed by atoms with Gasteiger partial charge in [-0.05, 0) is 35.0 Å². The molecule has 0 saturated heterocycles. The molecule has 28 heavy (non-hydrogen) atoms. The molecule has 144 valence electrons. The topological polar surface area (TPSA) is 86.8 Å². The Bertz CT molecular complexity index is 1000. The van der Waals surface area contributed by atoms with Crippen LogP contribution in [-0.4, -0.2) is 45.3 Å². The summed E-state index contributed by atoms with van der Waals surface area (Å²) in [4.78, 5) is 10.6. The molecule has 3 rings (SSSR count). The minimum absolute atomic E-state index is 0.0938. The monoisotopic (exact) mass is 398 g/mol. The van der Waals surface area contributed by atoms with E-state index in [4.69, 9.17) is 21.3 Å². The minimum Gasteiger partial charge on any atom is -0.399 e. The molecule has 0 fully saturated rings. The minimum atomic E-state index is 0.0938. The SMILES string of the molecule is CO/N=C(/CON=C(c1ccccc1)c1nnnn1C)c1ccc(Cl)c(C)c1. The molecular weight excluding hydrogens is 380 g/mol. The fourth-order valence-electron chi connectivity index (χ4n) is 2.50. The smallest absolute Gasteiger partial charge is 0.204 e. The molecule has 2 aromatic carbocycles. The summed E-state index contributed by atoms with van der Waals surface area (Å²) in [5.41, 5.74) is 3.68. The lowest BCUT2D eigenvalue weighted by atomic mass is 10.1. The molecule has 0 atom stereocenters. The Hall–Kier alpha value is -3.26. The second-order valence-corrected chi connectivity index (χ2v) is 6.30. The summed E-state index contributed by atoms with van der Waals surface area (Å²) >= 11 is 6.10. The average Bonchev–Trinajstić information content (AvgIpc) is 3.13. The van der Waals surface area contributed by atoms with E-state index in [0.717, 1.165) is 16.7 Å². The zero-order chi connectivity index (χ0) is 19.9. The first-order chi connectivity index (χ1) is 13.6. The van der Waals surface area contributed by atoms with Gasteiger partial charge in [0.15, 0.2) is 12.3 Å². The van der Waals surface area contributed by atoms with Gasteiger partial charge in [-0.3, -0.25) is 0 Å². The summed E-state index contributed by atoms with van der Waals surface area (Å²) < 4.78 is 1.53. The van der Waals surface area contributed by atoms with Crippen LogP contribution in [0.4, 0.5) is 0 Å². The van der Waals surface area contributed by atoms with Gasteiger partial charge in [0.1, 0.15) is 12.8 Å². The molecule has 0 saturated carbocycles. The van der Waals surface area contributed by atoms with E-state index in [0.29, 0.717) is 22.3 Å². The van der Waals surface area contributed by atoms with Crippen molar-refractivity contribution in [3.8, 4) is 0 Å². The van der Waals surface area contributed by atoms with E-state index in [-0.39, 0.29) is 6.61 Å². The van der Waals surface area contributed by atoms with Crippen LogP contribution in [0, 0.1) is 6.92 Å². The molecule has 0 aliphatic rings. The fourth-order valence-corrected chi connectivity index (χ4v) is 2.62. The molecule has 0 aliphatic heterocycles. The van der Waals surface area contributed by atoms with Crippen molar-refractivity contribution < 1.29 is 9.68 Å². The Balaban J connectivity index is 1.86. The second-order valence-electron chi connectivity index (χ2n) is 5.89. The van der Waals surface area contributed by atoms with E-state index in [1.807, 2.05) is 49.4 Å². The number of rotatable bonds is 7. The number of tetrazole rings is 1. The van der Waals surface area contributed by atoms with Crippen molar-refractivity contribution >= 4 is 23.0 Å². The van der Waals surface area contributed by atoms with Crippen LogP contribution in [0.5, 0.6) is 0 Å². The van der Waals surface area contributed by atoms with Gasteiger partial charge in [-0.1, -0.05) is 58.3 Å². The highest BCUT2D eigenvalue weighted by Gasteiger charge is 2.15. The van der Waals surface area contributed by atoms with Crippen LogP contribution in [0.25, 0.3) is 0 Å². The van der Waals surface area contributed by atoms with E-state index in [2.05, 4.69) is 25.8 Å². The molecule has 0 N–H and O–H groups in total. The van der Waals surface area contributed by atoms with Crippen molar-refractivity contribution in [3.63, 3.8) is 0 Å². The van der Waals surface area contributed by atoms with Crippen molar-refractivity contribution in [2.75, 3.05) is 13.7 Å². The third kappa shape index (κ3) is 4.52. The van der Waals surface area contributed by atoms with Crippen LogP contribution in [0.2, 0.25) is 5.02 Å². The number of aromatic nitrogens is 4. The van der Waals surface area contributed by atoms with Gasteiger partial charge in [-0.2, -0.15) is 0 Å². The molecule has 0 unspecified atom stereocenters. The van der Waals surface area contributed by atoms with E-state index < -0.39 is 0 Å². The third-order valence-corrected chi connectivity index (χ3v) is 4.35. The summed E-state index contributed by atoms with van der Waals surface area (Å²) in [6, 6.07) is 15.1. The lowest BCUT2D eigenvalue weighted by molar-refractivity contribution is 0.173. The zero-order valence-electron chi connectivity index (χ0n) is 15.7. The second kappa shape index (κ2) is 9.09. The molecule has 8 nitrogen and oxygen atoms in total. The number of aryl methyl sites for hydroxylation is 2. The van der Waals surface area contributed by atoms with E-state index in [1.54, 1.807) is 13.1 Å².